The molecule has 0 aromatic rings. The molecule has 0 amide bonds. The summed E-state index contributed by atoms with van der Waals surface area (Å²) in [6.07, 6.45) is 0. The summed E-state index contributed by atoms with van der Waals surface area (Å²) in [5.74, 6) is -3.65. The van der Waals surface area contributed by atoms with Crippen LogP contribution in [0.25, 0.3) is 22.9 Å². The van der Waals surface area contributed by atoms with E-state index in [1.54, 1.807) is 0 Å². The Morgan fingerprint density at radius 1 is 1.00 bits per heavy atom. The summed E-state index contributed by atoms with van der Waals surface area (Å²) < 4.78 is 0. The van der Waals surface area contributed by atoms with Crippen molar-refractivity contribution in [3.8, 4) is 0 Å². The summed E-state index contributed by atoms with van der Waals surface area (Å²) in [6, 6.07) is 0. The summed E-state index contributed by atoms with van der Waals surface area (Å²) in [5, 5.41) is 18.6. The second kappa shape index (κ2) is 19.0. The maximum atomic E-state index is 9.10. The minimum atomic E-state index is -1.82. The van der Waals surface area contributed by atoms with E-state index >= 15 is 0 Å². The maximum Gasteiger partial charge on any atom is 0.414 e. The molecule has 9 heteroatoms. The van der Waals surface area contributed by atoms with Gasteiger partial charge in [0.25, 0.3) is 0 Å². The number of nitrogens with two attached hydrogens (primary N) is 1. The molecule has 15 heavy (non-hydrogen) atoms. The van der Waals surface area contributed by atoms with E-state index in [9.17, 15) is 0 Å². The van der Waals surface area contributed by atoms with Gasteiger partial charge in [0, 0.05) is 16.8 Å². The van der Waals surface area contributed by atoms with Crippen molar-refractivity contribution in [2.24, 2.45) is 0 Å². The Labute approximate surface area is 98.2 Å². The van der Waals surface area contributed by atoms with Crippen LogP contribution in [0.4, 0.5) is 0 Å². The number of carboxylic acids is 2. The normalized spacial score (nSPS) is 7.33. The van der Waals surface area contributed by atoms with Gasteiger partial charge in [0.05, 0.1) is 0 Å². The van der Waals surface area contributed by atoms with Crippen molar-refractivity contribution in [1.29, 1.82) is 0 Å². The van der Waals surface area contributed by atoms with Crippen LogP contribution in [0.1, 0.15) is 0 Å². The molecule has 0 heterocycles. The van der Waals surface area contributed by atoms with Gasteiger partial charge in [-0.1, -0.05) is 0 Å². The van der Waals surface area contributed by atoms with E-state index < -0.39 is 11.9 Å². The standard InChI is InChI=1S/C4H10N3.C2H2O4.Co.H2N/c5-1-3-7-4-2-6;3-1(4)2(5)6;;/h5-6H,1-4H2;(H,3,4)(H,5,6);;1H2/q-3;;;-1. The fourth-order valence-corrected chi connectivity index (χ4v) is 0.270. The fraction of sp³-hybridized carbons (Fsp3) is 0.667. The first kappa shape index (κ1) is 23.8. The van der Waals surface area contributed by atoms with Crippen molar-refractivity contribution in [1.82, 2.24) is 0 Å². The van der Waals surface area contributed by atoms with Crippen molar-refractivity contribution >= 4 is 11.9 Å². The molecule has 95 valence electrons. The molecule has 0 aromatic carbocycles. The predicted molar refractivity (Wildman–Crippen MR) is 52.0 cm³/mol. The van der Waals surface area contributed by atoms with Crippen LogP contribution in [0, 0.1) is 0 Å². The van der Waals surface area contributed by atoms with Crippen LogP contribution in [0.2, 0.25) is 0 Å². The van der Waals surface area contributed by atoms with Crippen molar-refractivity contribution in [3.63, 3.8) is 0 Å². The first-order valence-electron chi connectivity index (χ1n) is 3.45. The summed E-state index contributed by atoms with van der Waals surface area (Å²) in [6.45, 7) is 1.91. The molecule has 0 aliphatic heterocycles. The van der Waals surface area contributed by atoms with Crippen molar-refractivity contribution in [3.05, 3.63) is 22.9 Å². The zero-order chi connectivity index (χ0) is 10.7. The number of hydrogen-bond acceptors (Lipinski definition) is 2. The average molecular weight is 265 g/mol. The van der Waals surface area contributed by atoms with Gasteiger partial charge in [-0.2, -0.15) is 26.2 Å². The zero-order valence-corrected chi connectivity index (χ0v) is 8.94. The van der Waals surface area contributed by atoms with E-state index in [2.05, 4.69) is 5.32 Å². The third-order valence-electron chi connectivity index (χ3n) is 0.723. The first-order chi connectivity index (χ1) is 6.06. The van der Waals surface area contributed by atoms with Crippen molar-refractivity contribution < 1.29 is 36.6 Å². The second-order valence-electron chi connectivity index (χ2n) is 1.78. The van der Waals surface area contributed by atoms with Gasteiger partial charge in [0.2, 0.25) is 0 Å². The molecule has 0 fully saturated rings. The Bertz CT molecular complexity index is 142. The minimum absolute atomic E-state index is 0. The van der Waals surface area contributed by atoms with Crippen molar-refractivity contribution in [2.75, 3.05) is 26.2 Å². The summed E-state index contributed by atoms with van der Waals surface area (Å²) in [5.41, 5.74) is 13.3. The Morgan fingerprint density at radius 3 is 1.40 bits per heavy atom. The summed E-state index contributed by atoms with van der Waals surface area (Å²) >= 11 is 0. The Morgan fingerprint density at radius 2 is 1.27 bits per heavy atom. The third-order valence-corrected chi connectivity index (χ3v) is 0.723. The van der Waals surface area contributed by atoms with Crippen LogP contribution in [0.15, 0.2) is 0 Å². The van der Waals surface area contributed by atoms with Gasteiger partial charge >= 0.3 is 11.9 Å². The molecule has 0 unspecified atom stereocenters. The smallest absolute Gasteiger partial charge is 0.414 e. The molecule has 0 saturated heterocycles. The average Bonchev–Trinajstić information content (AvgIpc) is 2.06. The number of carbonyl (C=O) groups is 2. The molecular formula is C6H14CoN4O4-4. The predicted octanol–water partition coefficient (Wildman–Crippen LogP) is 1.33. The molecule has 0 aliphatic rings. The van der Waals surface area contributed by atoms with Crippen molar-refractivity contribution in [2.45, 2.75) is 0 Å². The third kappa shape index (κ3) is 31.9. The molecular weight excluding hydrogens is 251 g/mol. The van der Waals surface area contributed by atoms with E-state index in [4.69, 9.17) is 31.3 Å². The number of nitrogens with zero attached hydrogens (tertiary/aromatic N) is 1. The molecule has 0 aliphatic carbocycles. The molecule has 0 rings (SSSR count). The SMILES string of the molecule is O=C(O)C(=O)O.[Co].[NH-]CC[N-]CC[NH-].[NH2-]. The van der Waals surface area contributed by atoms with E-state index in [0.717, 1.165) is 0 Å². The van der Waals surface area contributed by atoms with E-state index in [1.165, 1.54) is 0 Å². The van der Waals surface area contributed by atoms with Gasteiger partial charge < -0.3 is 33.1 Å². The van der Waals surface area contributed by atoms with Gasteiger partial charge in [-0.25, -0.2) is 9.59 Å². The zero-order valence-electron chi connectivity index (χ0n) is 7.90. The Balaban J connectivity index is -0.0000000718. The minimum Gasteiger partial charge on any atom is -0.693 e. The quantitative estimate of drug-likeness (QED) is 0.577. The Kier molecular flexibility index (Phi) is 30.1. The molecule has 0 saturated carbocycles. The Hall–Kier alpha value is -0.714. The molecule has 1 radical (unpaired) electrons. The van der Waals surface area contributed by atoms with E-state index in [-0.39, 0.29) is 22.9 Å². The summed E-state index contributed by atoms with van der Waals surface area (Å²) in [4.78, 5) is 18.2. The van der Waals surface area contributed by atoms with E-state index in [0.29, 0.717) is 26.2 Å². The van der Waals surface area contributed by atoms with Crippen LogP contribution in [-0.4, -0.2) is 48.3 Å². The van der Waals surface area contributed by atoms with Gasteiger partial charge in [0.1, 0.15) is 0 Å². The largest absolute Gasteiger partial charge is 0.693 e. The molecule has 0 spiro atoms. The fourth-order valence-electron chi connectivity index (χ4n) is 0.270. The number of carboxylic acid groups (broad SMARTS) is 2. The number of nitrogens with one attached hydrogen (secondary N) is 2. The maximum absolute atomic E-state index is 9.10. The molecule has 0 bridgehead atoms. The number of hydrogen-bond donors (Lipinski definition) is 2. The van der Waals surface area contributed by atoms with E-state index in [1.807, 2.05) is 0 Å². The molecule has 0 aromatic heterocycles. The van der Waals surface area contributed by atoms with Gasteiger partial charge in [-0.05, 0) is 0 Å². The van der Waals surface area contributed by atoms with Gasteiger partial charge in [-0.3, -0.25) is 0 Å². The van der Waals surface area contributed by atoms with Crippen LogP contribution < -0.4 is 0 Å². The molecule has 0 atom stereocenters. The monoisotopic (exact) mass is 265 g/mol. The van der Waals surface area contributed by atoms with Crippen LogP contribution >= 0.6 is 0 Å². The van der Waals surface area contributed by atoms with Gasteiger partial charge in [-0.15, -0.1) is 0 Å². The molecule has 8 nitrogen and oxygen atoms in total. The topological polar surface area (TPSA) is 170 Å². The summed E-state index contributed by atoms with van der Waals surface area (Å²) in [7, 11) is 0. The molecule has 6 N–H and O–H groups in total. The number of aliphatic carboxylic acids is 2. The van der Waals surface area contributed by atoms with Crippen LogP contribution in [-0.2, 0) is 26.4 Å². The first-order valence-corrected chi connectivity index (χ1v) is 3.45. The van der Waals surface area contributed by atoms with Gasteiger partial charge in [0.15, 0.2) is 0 Å². The van der Waals surface area contributed by atoms with Crippen LogP contribution in [0.5, 0.6) is 0 Å². The number of rotatable bonds is 4. The second-order valence-corrected chi connectivity index (χ2v) is 1.78. The van der Waals surface area contributed by atoms with Crippen LogP contribution in [0.3, 0.4) is 0 Å².